The summed E-state index contributed by atoms with van der Waals surface area (Å²) in [6.07, 6.45) is 1.61. The Morgan fingerprint density at radius 2 is 2.00 bits per heavy atom. The Bertz CT molecular complexity index is 424. The molecule has 0 spiro atoms. The van der Waals surface area contributed by atoms with Gasteiger partial charge in [0.2, 0.25) is 5.91 Å². The molecule has 0 aliphatic rings. The predicted molar refractivity (Wildman–Crippen MR) is 79.9 cm³/mol. The molecule has 1 aromatic rings. The van der Waals surface area contributed by atoms with E-state index < -0.39 is 0 Å². The number of aliphatic hydroxyl groups excluding tert-OH is 1. The molecule has 4 nitrogen and oxygen atoms in total. The monoisotopic (exact) mass is 279 g/mol. The van der Waals surface area contributed by atoms with Crippen LogP contribution < -0.4 is 10.1 Å². The standard InChI is InChI=1S/C16H25NO3/c1-16(2,3)20-14-8-5-4-7-13(14)10-11-17-15(19)9-6-12-18/h4-5,7-8,18H,6,9-12H2,1-3H3,(H,17,19). The maximum Gasteiger partial charge on any atom is 0.220 e. The number of rotatable bonds is 7. The van der Waals surface area contributed by atoms with Crippen molar-refractivity contribution in [1.29, 1.82) is 0 Å². The zero-order valence-electron chi connectivity index (χ0n) is 12.6. The van der Waals surface area contributed by atoms with Gasteiger partial charge in [-0.1, -0.05) is 18.2 Å². The molecule has 0 atom stereocenters. The lowest BCUT2D eigenvalue weighted by Crippen LogP contribution is -2.26. The Morgan fingerprint density at radius 3 is 2.65 bits per heavy atom. The lowest BCUT2D eigenvalue weighted by atomic mass is 10.1. The summed E-state index contributed by atoms with van der Waals surface area (Å²) in [4.78, 5) is 11.5. The Kier molecular flexibility index (Phi) is 6.52. The van der Waals surface area contributed by atoms with E-state index in [2.05, 4.69) is 5.32 Å². The quantitative estimate of drug-likeness (QED) is 0.805. The summed E-state index contributed by atoms with van der Waals surface area (Å²) in [7, 11) is 0. The SMILES string of the molecule is CC(C)(C)Oc1ccccc1CCNC(=O)CCCO. The number of aliphatic hydroxyl groups is 1. The van der Waals surface area contributed by atoms with Gasteiger partial charge in [-0.05, 0) is 45.2 Å². The summed E-state index contributed by atoms with van der Waals surface area (Å²) >= 11 is 0. The normalized spacial score (nSPS) is 11.2. The summed E-state index contributed by atoms with van der Waals surface area (Å²) in [6.45, 7) is 6.67. The number of carbonyl (C=O) groups is 1. The Morgan fingerprint density at radius 1 is 1.30 bits per heavy atom. The average molecular weight is 279 g/mol. The molecule has 0 bridgehead atoms. The first-order valence-corrected chi connectivity index (χ1v) is 7.07. The fourth-order valence-electron chi connectivity index (χ4n) is 1.80. The van der Waals surface area contributed by atoms with Gasteiger partial charge in [0.15, 0.2) is 0 Å². The van der Waals surface area contributed by atoms with E-state index in [1.54, 1.807) is 0 Å². The van der Waals surface area contributed by atoms with Gasteiger partial charge in [0.1, 0.15) is 11.4 Å². The summed E-state index contributed by atoms with van der Waals surface area (Å²) in [5, 5.41) is 11.5. The molecule has 0 aliphatic heterocycles. The van der Waals surface area contributed by atoms with Crippen LogP contribution in [0.15, 0.2) is 24.3 Å². The molecule has 0 unspecified atom stereocenters. The van der Waals surface area contributed by atoms with Crippen LogP contribution in [-0.2, 0) is 11.2 Å². The van der Waals surface area contributed by atoms with Gasteiger partial charge in [0.25, 0.3) is 0 Å². The average Bonchev–Trinajstić information content (AvgIpc) is 2.36. The van der Waals surface area contributed by atoms with Gasteiger partial charge in [-0.25, -0.2) is 0 Å². The zero-order valence-corrected chi connectivity index (χ0v) is 12.6. The van der Waals surface area contributed by atoms with Gasteiger partial charge < -0.3 is 15.2 Å². The molecular formula is C16H25NO3. The number of hydrogen-bond acceptors (Lipinski definition) is 3. The molecule has 0 saturated carbocycles. The lowest BCUT2D eigenvalue weighted by molar-refractivity contribution is -0.121. The van der Waals surface area contributed by atoms with Crippen LogP contribution in [0.2, 0.25) is 0 Å². The molecule has 112 valence electrons. The number of hydrogen-bond donors (Lipinski definition) is 2. The van der Waals surface area contributed by atoms with Gasteiger partial charge in [-0.2, -0.15) is 0 Å². The van der Waals surface area contributed by atoms with Crippen LogP contribution in [0.5, 0.6) is 5.75 Å². The molecular weight excluding hydrogens is 254 g/mol. The van der Waals surface area contributed by atoms with Crippen molar-refractivity contribution in [3.05, 3.63) is 29.8 Å². The molecule has 1 aromatic carbocycles. The number of nitrogens with one attached hydrogen (secondary N) is 1. The summed E-state index contributed by atoms with van der Waals surface area (Å²) in [5.41, 5.74) is 0.852. The van der Waals surface area contributed by atoms with Gasteiger partial charge in [0.05, 0.1) is 0 Å². The van der Waals surface area contributed by atoms with Gasteiger partial charge in [0, 0.05) is 19.6 Å². The zero-order chi connectivity index (χ0) is 15.0. The van der Waals surface area contributed by atoms with E-state index in [0.717, 1.165) is 17.7 Å². The molecule has 0 fully saturated rings. The highest BCUT2D eigenvalue weighted by atomic mass is 16.5. The summed E-state index contributed by atoms with van der Waals surface area (Å²) < 4.78 is 5.91. The smallest absolute Gasteiger partial charge is 0.220 e. The topological polar surface area (TPSA) is 58.6 Å². The fraction of sp³-hybridized carbons (Fsp3) is 0.562. The minimum atomic E-state index is -0.236. The van der Waals surface area contributed by atoms with E-state index in [1.807, 2.05) is 45.0 Å². The first kappa shape index (κ1) is 16.5. The first-order valence-electron chi connectivity index (χ1n) is 7.07. The largest absolute Gasteiger partial charge is 0.488 e. The molecule has 20 heavy (non-hydrogen) atoms. The summed E-state index contributed by atoms with van der Waals surface area (Å²) in [6, 6.07) is 7.89. The number of benzene rings is 1. The van der Waals surface area contributed by atoms with Crippen molar-refractivity contribution in [3.8, 4) is 5.75 Å². The molecule has 4 heteroatoms. The van der Waals surface area contributed by atoms with Crippen molar-refractivity contribution in [1.82, 2.24) is 5.32 Å². The number of carbonyl (C=O) groups excluding carboxylic acids is 1. The summed E-state index contributed by atoms with van der Waals surface area (Å²) in [5.74, 6) is 0.845. The van der Waals surface area contributed by atoms with E-state index in [4.69, 9.17) is 9.84 Å². The molecule has 1 rings (SSSR count). The number of ether oxygens (including phenoxy) is 1. The van der Waals surface area contributed by atoms with Crippen molar-refractivity contribution in [2.24, 2.45) is 0 Å². The lowest BCUT2D eigenvalue weighted by Gasteiger charge is -2.23. The van der Waals surface area contributed by atoms with Crippen molar-refractivity contribution in [2.45, 2.75) is 45.6 Å². The van der Waals surface area contributed by atoms with Crippen LogP contribution in [0, 0.1) is 0 Å². The van der Waals surface area contributed by atoms with Crippen molar-refractivity contribution >= 4 is 5.91 Å². The van der Waals surface area contributed by atoms with E-state index in [-0.39, 0.29) is 18.1 Å². The Balaban J connectivity index is 2.49. The molecule has 2 N–H and O–H groups in total. The van der Waals surface area contributed by atoms with Gasteiger partial charge >= 0.3 is 0 Å². The molecule has 0 heterocycles. The molecule has 1 amide bonds. The second-order valence-electron chi connectivity index (χ2n) is 5.75. The second kappa shape index (κ2) is 7.90. The molecule has 0 aromatic heterocycles. The van der Waals surface area contributed by atoms with Crippen molar-refractivity contribution in [2.75, 3.05) is 13.2 Å². The fourth-order valence-corrected chi connectivity index (χ4v) is 1.80. The highest BCUT2D eigenvalue weighted by Crippen LogP contribution is 2.23. The minimum Gasteiger partial charge on any atom is -0.488 e. The van der Waals surface area contributed by atoms with Crippen molar-refractivity contribution in [3.63, 3.8) is 0 Å². The van der Waals surface area contributed by atoms with E-state index in [9.17, 15) is 4.79 Å². The third-order valence-electron chi connectivity index (χ3n) is 2.67. The Labute approximate surface area is 121 Å². The van der Waals surface area contributed by atoms with Gasteiger partial charge in [-0.15, -0.1) is 0 Å². The second-order valence-corrected chi connectivity index (χ2v) is 5.75. The van der Waals surface area contributed by atoms with Crippen LogP contribution in [0.3, 0.4) is 0 Å². The number of para-hydroxylation sites is 1. The van der Waals surface area contributed by atoms with E-state index >= 15 is 0 Å². The number of amides is 1. The third-order valence-corrected chi connectivity index (χ3v) is 2.67. The molecule has 0 radical (unpaired) electrons. The first-order chi connectivity index (χ1) is 9.42. The van der Waals surface area contributed by atoms with E-state index in [0.29, 0.717) is 19.4 Å². The molecule has 0 aliphatic carbocycles. The van der Waals surface area contributed by atoms with Gasteiger partial charge in [-0.3, -0.25) is 4.79 Å². The minimum absolute atomic E-state index is 0.0201. The van der Waals surface area contributed by atoms with Crippen LogP contribution >= 0.6 is 0 Å². The predicted octanol–water partition coefficient (Wildman–Crippen LogP) is 2.30. The van der Waals surface area contributed by atoms with Crippen LogP contribution in [-0.4, -0.2) is 29.8 Å². The van der Waals surface area contributed by atoms with Crippen molar-refractivity contribution < 1.29 is 14.6 Å². The highest BCUT2D eigenvalue weighted by molar-refractivity contribution is 5.75. The van der Waals surface area contributed by atoms with E-state index in [1.165, 1.54) is 0 Å². The van der Waals surface area contributed by atoms with Crippen LogP contribution in [0.4, 0.5) is 0 Å². The Hall–Kier alpha value is -1.55. The third kappa shape index (κ3) is 6.57. The van der Waals surface area contributed by atoms with Crippen LogP contribution in [0.1, 0.15) is 39.2 Å². The maximum atomic E-state index is 11.5. The molecule has 0 saturated heterocycles. The maximum absolute atomic E-state index is 11.5. The highest BCUT2D eigenvalue weighted by Gasteiger charge is 2.14. The van der Waals surface area contributed by atoms with Crippen LogP contribution in [0.25, 0.3) is 0 Å².